The van der Waals surface area contributed by atoms with Crippen molar-refractivity contribution in [3.63, 3.8) is 0 Å². The molecule has 20 heteroatoms. The van der Waals surface area contributed by atoms with Crippen LogP contribution in [0.1, 0.15) is 20.3 Å². The lowest BCUT2D eigenvalue weighted by Crippen LogP contribution is -2.75. The SMILES string of the molecule is CCC(F)(F)C(F)(F)C(F)(F)C(F)(F)C(F)(F)C(F)(F)C(F)(F)C(F)(F)C(F)(F)C=C(C)C(=O)O. The van der Waals surface area contributed by atoms with Crippen molar-refractivity contribution in [3.8, 4) is 0 Å². The Bertz CT molecular complexity index is 841. The maximum Gasteiger partial charge on any atom is 0.385 e. The molecule has 0 unspecified atom stereocenters. The molecule has 0 aliphatic rings. The second kappa shape index (κ2) is 8.52. The Hall–Kier alpha value is -2.05. The zero-order chi connectivity index (χ0) is 29.1. The first-order valence-electron chi connectivity index (χ1n) is 8.22. The van der Waals surface area contributed by atoms with E-state index in [-0.39, 0.29) is 13.8 Å². The smallest absolute Gasteiger partial charge is 0.385 e. The van der Waals surface area contributed by atoms with Gasteiger partial charge in [-0.25, -0.2) is 4.79 Å². The highest BCUT2D eigenvalue weighted by atomic mass is 19.4. The van der Waals surface area contributed by atoms with Crippen molar-refractivity contribution in [1.29, 1.82) is 0 Å². The lowest BCUT2D eigenvalue weighted by atomic mass is 9.86. The second-order valence-electron chi connectivity index (χ2n) is 6.83. The largest absolute Gasteiger partial charge is 0.478 e. The summed E-state index contributed by atoms with van der Waals surface area (Å²) in [5, 5.41) is 8.24. The number of aliphatic carboxylic acids is 1. The quantitative estimate of drug-likeness (QED) is 0.214. The standard InChI is InChI=1S/C15H10F18O2/c1-3-7(16,17)9(20,21)11(24,25)13(28,29)15(32,33)14(30,31)12(26,27)10(22,23)8(18,19)4-5(2)6(34)35/h4H,3H2,1-2H3,(H,34,35). The first kappa shape index (κ1) is 33.0. The molecule has 0 bridgehead atoms. The molecule has 0 amide bonds. The summed E-state index contributed by atoms with van der Waals surface area (Å²) in [5.41, 5.74) is -2.03. The van der Waals surface area contributed by atoms with Gasteiger partial charge in [-0.05, 0) is 6.92 Å². The van der Waals surface area contributed by atoms with Crippen LogP contribution in [0.5, 0.6) is 0 Å². The molecule has 208 valence electrons. The van der Waals surface area contributed by atoms with Crippen LogP contribution in [0.15, 0.2) is 11.6 Å². The summed E-state index contributed by atoms with van der Waals surface area (Å²) >= 11 is 0. The molecule has 2 nitrogen and oxygen atoms in total. The Balaban J connectivity index is 7.04. The number of allylic oxidation sites excluding steroid dienone is 1. The van der Waals surface area contributed by atoms with Crippen LogP contribution in [0.4, 0.5) is 79.0 Å². The first-order chi connectivity index (χ1) is 14.9. The van der Waals surface area contributed by atoms with Crippen LogP contribution in [0.2, 0.25) is 0 Å². The lowest BCUT2D eigenvalue weighted by Gasteiger charge is -2.44. The van der Waals surface area contributed by atoms with Crippen LogP contribution >= 0.6 is 0 Å². The minimum absolute atomic E-state index is 0.0537. The molecular weight excluding hydrogens is 554 g/mol. The van der Waals surface area contributed by atoms with Gasteiger partial charge in [-0.2, -0.15) is 79.0 Å². The minimum atomic E-state index is -8.84. The maximum atomic E-state index is 13.6. The van der Waals surface area contributed by atoms with Gasteiger partial charge in [0, 0.05) is 18.1 Å². The number of rotatable bonds is 11. The van der Waals surface area contributed by atoms with Crippen LogP contribution in [-0.4, -0.2) is 64.4 Å². The Morgan fingerprint density at radius 3 is 1.09 bits per heavy atom. The van der Waals surface area contributed by atoms with Crippen molar-refractivity contribution in [3.05, 3.63) is 11.6 Å². The van der Waals surface area contributed by atoms with Gasteiger partial charge in [0.05, 0.1) is 0 Å². The molecule has 0 fully saturated rings. The fourth-order valence-corrected chi connectivity index (χ4v) is 2.07. The fraction of sp³-hybridized carbons (Fsp3) is 0.800. The molecule has 0 aromatic rings. The van der Waals surface area contributed by atoms with Crippen LogP contribution < -0.4 is 0 Å². The summed E-state index contributed by atoms with van der Waals surface area (Å²) in [4.78, 5) is 10.3. The van der Waals surface area contributed by atoms with Crippen LogP contribution in [0.25, 0.3) is 0 Å². The highest BCUT2D eigenvalue weighted by Crippen LogP contribution is 2.65. The molecule has 0 heterocycles. The van der Waals surface area contributed by atoms with Crippen molar-refractivity contribution in [2.75, 3.05) is 0 Å². The van der Waals surface area contributed by atoms with Crippen LogP contribution in [0.3, 0.4) is 0 Å². The highest BCUT2D eigenvalue weighted by Gasteiger charge is 2.96. The third-order valence-electron chi connectivity index (χ3n) is 4.42. The van der Waals surface area contributed by atoms with E-state index in [1.165, 1.54) is 0 Å². The molecule has 0 rings (SSSR count). The summed E-state index contributed by atoms with van der Waals surface area (Å²) < 4.78 is 242. The van der Waals surface area contributed by atoms with E-state index in [4.69, 9.17) is 5.11 Å². The Morgan fingerprint density at radius 2 is 0.829 bits per heavy atom. The van der Waals surface area contributed by atoms with Crippen molar-refractivity contribution in [2.45, 2.75) is 73.6 Å². The molecule has 1 N–H and O–H groups in total. The average Bonchev–Trinajstić information content (AvgIpc) is 2.65. The molecule has 0 saturated carbocycles. The van der Waals surface area contributed by atoms with Gasteiger partial charge in [0.15, 0.2) is 0 Å². The van der Waals surface area contributed by atoms with E-state index in [9.17, 15) is 83.8 Å². The van der Waals surface area contributed by atoms with E-state index < -0.39 is 77.3 Å². The van der Waals surface area contributed by atoms with Gasteiger partial charge in [-0.1, -0.05) is 6.92 Å². The number of carboxylic acids is 1. The van der Waals surface area contributed by atoms with Gasteiger partial charge in [-0.15, -0.1) is 0 Å². The van der Waals surface area contributed by atoms with E-state index in [1.807, 2.05) is 0 Å². The van der Waals surface area contributed by atoms with Crippen molar-refractivity contribution in [1.82, 2.24) is 0 Å². The zero-order valence-corrected chi connectivity index (χ0v) is 16.4. The molecule has 0 saturated heterocycles. The Kier molecular flexibility index (Phi) is 8.02. The average molecular weight is 564 g/mol. The number of hydrogen-bond donors (Lipinski definition) is 1. The summed E-state index contributed by atoms with van der Waals surface area (Å²) in [7, 11) is 0. The normalized spacial score (nSPS) is 16.5. The minimum Gasteiger partial charge on any atom is -0.478 e. The molecule has 35 heavy (non-hydrogen) atoms. The van der Waals surface area contributed by atoms with Crippen molar-refractivity contribution in [2.24, 2.45) is 0 Å². The number of carboxylic acid groups (broad SMARTS) is 1. The predicted molar refractivity (Wildman–Crippen MR) is 76.2 cm³/mol. The van der Waals surface area contributed by atoms with Gasteiger partial charge in [0.2, 0.25) is 0 Å². The molecule has 0 spiro atoms. The second-order valence-corrected chi connectivity index (χ2v) is 6.83. The monoisotopic (exact) mass is 564 g/mol. The van der Waals surface area contributed by atoms with E-state index >= 15 is 0 Å². The number of alkyl halides is 18. The van der Waals surface area contributed by atoms with Crippen molar-refractivity contribution >= 4 is 5.97 Å². The van der Waals surface area contributed by atoms with Gasteiger partial charge < -0.3 is 5.11 Å². The fourth-order valence-electron chi connectivity index (χ4n) is 2.07. The van der Waals surface area contributed by atoms with Crippen LogP contribution in [0, 0.1) is 0 Å². The Morgan fingerprint density at radius 1 is 0.571 bits per heavy atom. The number of hydrogen-bond acceptors (Lipinski definition) is 1. The van der Waals surface area contributed by atoms with Gasteiger partial charge in [-0.3, -0.25) is 0 Å². The molecule has 0 radical (unpaired) electrons. The van der Waals surface area contributed by atoms with Gasteiger partial charge >= 0.3 is 59.3 Å². The molecule has 0 aliphatic carbocycles. The molecule has 0 aromatic carbocycles. The Labute approximate surface area is 181 Å². The number of carbonyl (C=O) groups is 1. The topological polar surface area (TPSA) is 37.3 Å². The summed E-state index contributed by atoms with van der Waals surface area (Å²) in [6, 6.07) is 0. The summed E-state index contributed by atoms with van der Waals surface area (Å²) in [5.74, 6) is -74.9. The third kappa shape index (κ3) is 4.27. The summed E-state index contributed by atoms with van der Waals surface area (Å²) in [6.45, 7) is -0.180. The molecular formula is C15H10F18O2. The van der Waals surface area contributed by atoms with E-state index in [1.54, 1.807) is 0 Å². The van der Waals surface area contributed by atoms with E-state index in [0.717, 1.165) is 0 Å². The maximum absolute atomic E-state index is 13.6. The number of halogens is 18. The first-order valence-corrected chi connectivity index (χ1v) is 8.22. The van der Waals surface area contributed by atoms with E-state index in [0.29, 0.717) is 0 Å². The zero-order valence-electron chi connectivity index (χ0n) is 16.4. The van der Waals surface area contributed by atoms with E-state index in [2.05, 4.69) is 0 Å². The predicted octanol–water partition coefficient (Wildman–Crippen LogP) is 7.15. The van der Waals surface area contributed by atoms with Gasteiger partial charge in [0.25, 0.3) is 0 Å². The highest BCUT2D eigenvalue weighted by molar-refractivity contribution is 5.86. The summed E-state index contributed by atoms with van der Waals surface area (Å²) in [6.07, 6.45) is -4.27. The lowest BCUT2D eigenvalue weighted by molar-refractivity contribution is -0.460. The molecule has 0 aromatic heterocycles. The van der Waals surface area contributed by atoms with Gasteiger partial charge in [0.1, 0.15) is 0 Å². The van der Waals surface area contributed by atoms with Crippen LogP contribution in [-0.2, 0) is 4.79 Å². The van der Waals surface area contributed by atoms with Crippen molar-refractivity contribution < 1.29 is 88.9 Å². The third-order valence-corrected chi connectivity index (χ3v) is 4.42. The molecule has 0 atom stereocenters. The molecule has 0 aliphatic heterocycles.